The molecular formula is C14H21N3O. The molecule has 0 aromatic carbocycles. The molecule has 1 unspecified atom stereocenters. The molecule has 1 amide bonds. The second-order valence-electron chi connectivity index (χ2n) is 5.07. The molecule has 4 heteroatoms. The van der Waals surface area contributed by atoms with Gasteiger partial charge in [0.25, 0.3) is 5.91 Å². The van der Waals surface area contributed by atoms with Crippen molar-refractivity contribution in [1.29, 1.82) is 0 Å². The van der Waals surface area contributed by atoms with Crippen LogP contribution in [0.4, 0.5) is 0 Å². The highest BCUT2D eigenvalue weighted by molar-refractivity contribution is 5.95. The average molecular weight is 247 g/mol. The Hall–Kier alpha value is -1.42. The zero-order valence-corrected chi connectivity index (χ0v) is 11.1. The van der Waals surface area contributed by atoms with Gasteiger partial charge in [0.1, 0.15) is 0 Å². The summed E-state index contributed by atoms with van der Waals surface area (Å²) in [7, 11) is 0. The van der Waals surface area contributed by atoms with E-state index in [1.165, 1.54) is 0 Å². The van der Waals surface area contributed by atoms with Crippen molar-refractivity contribution in [1.82, 2.24) is 9.88 Å². The van der Waals surface area contributed by atoms with Crippen molar-refractivity contribution in [2.75, 3.05) is 19.6 Å². The van der Waals surface area contributed by atoms with Crippen molar-refractivity contribution in [3.8, 4) is 0 Å². The van der Waals surface area contributed by atoms with Gasteiger partial charge in [0, 0.05) is 18.8 Å². The van der Waals surface area contributed by atoms with E-state index in [2.05, 4.69) is 4.98 Å². The second-order valence-corrected chi connectivity index (χ2v) is 5.07. The highest BCUT2D eigenvalue weighted by atomic mass is 16.2. The summed E-state index contributed by atoms with van der Waals surface area (Å²) in [6.07, 6.45) is 2.08. The summed E-state index contributed by atoms with van der Waals surface area (Å²) < 4.78 is 0. The summed E-state index contributed by atoms with van der Waals surface area (Å²) in [5.41, 5.74) is 8.07. The van der Waals surface area contributed by atoms with Gasteiger partial charge in [0.2, 0.25) is 0 Å². The van der Waals surface area contributed by atoms with Crippen LogP contribution in [-0.2, 0) is 0 Å². The van der Waals surface area contributed by atoms with E-state index >= 15 is 0 Å². The summed E-state index contributed by atoms with van der Waals surface area (Å²) in [5, 5.41) is 0. The number of aromatic nitrogens is 1. The van der Waals surface area contributed by atoms with E-state index in [4.69, 9.17) is 5.73 Å². The Labute approximate surface area is 108 Å². The molecule has 18 heavy (non-hydrogen) atoms. The highest BCUT2D eigenvalue weighted by Gasteiger charge is 2.27. The Morgan fingerprint density at radius 1 is 1.50 bits per heavy atom. The number of nitrogens with two attached hydrogens (primary N) is 1. The van der Waals surface area contributed by atoms with Gasteiger partial charge in [-0.25, -0.2) is 0 Å². The van der Waals surface area contributed by atoms with Crippen LogP contribution in [0.1, 0.15) is 34.6 Å². The van der Waals surface area contributed by atoms with Gasteiger partial charge < -0.3 is 10.6 Å². The van der Waals surface area contributed by atoms with Gasteiger partial charge in [0.05, 0.1) is 11.3 Å². The van der Waals surface area contributed by atoms with Crippen LogP contribution >= 0.6 is 0 Å². The largest absolute Gasteiger partial charge is 0.338 e. The lowest BCUT2D eigenvalue weighted by Crippen LogP contribution is -2.29. The smallest absolute Gasteiger partial charge is 0.255 e. The van der Waals surface area contributed by atoms with Crippen molar-refractivity contribution in [2.24, 2.45) is 11.7 Å². The molecule has 1 aliphatic rings. The Balaban J connectivity index is 2.08. The molecule has 98 valence electrons. The number of pyridine rings is 1. The van der Waals surface area contributed by atoms with Crippen molar-refractivity contribution in [3.63, 3.8) is 0 Å². The SMILES string of the molecule is Cc1ccc(C(=O)N2CCC(CCN)C2)c(C)n1. The van der Waals surface area contributed by atoms with Gasteiger partial charge in [-0.3, -0.25) is 9.78 Å². The van der Waals surface area contributed by atoms with Crippen molar-refractivity contribution >= 4 is 5.91 Å². The monoisotopic (exact) mass is 247 g/mol. The lowest BCUT2D eigenvalue weighted by molar-refractivity contribution is 0.0785. The molecular weight excluding hydrogens is 226 g/mol. The zero-order chi connectivity index (χ0) is 13.1. The summed E-state index contributed by atoms with van der Waals surface area (Å²) >= 11 is 0. The average Bonchev–Trinajstić information content (AvgIpc) is 2.77. The van der Waals surface area contributed by atoms with Crippen LogP contribution in [0, 0.1) is 19.8 Å². The fourth-order valence-corrected chi connectivity index (χ4v) is 2.57. The third-order valence-electron chi connectivity index (χ3n) is 3.60. The highest BCUT2D eigenvalue weighted by Crippen LogP contribution is 2.21. The van der Waals surface area contributed by atoms with E-state index < -0.39 is 0 Å². The second kappa shape index (κ2) is 5.48. The fraction of sp³-hybridized carbons (Fsp3) is 0.571. The molecule has 1 aromatic heterocycles. The predicted octanol–water partition coefficient (Wildman–Crippen LogP) is 1.51. The third-order valence-corrected chi connectivity index (χ3v) is 3.60. The normalized spacial score (nSPS) is 19.3. The van der Waals surface area contributed by atoms with E-state index in [1.54, 1.807) is 0 Å². The van der Waals surface area contributed by atoms with Gasteiger partial charge in [-0.05, 0) is 51.3 Å². The van der Waals surface area contributed by atoms with Crippen molar-refractivity contribution in [2.45, 2.75) is 26.7 Å². The number of hydrogen-bond acceptors (Lipinski definition) is 3. The minimum Gasteiger partial charge on any atom is -0.338 e. The zero-order valence-electron chi connectivity index (χ0n) is 11.1. The van der Waals surface area contributed by atoms with Crippen molar-refractivity contribution < 1.29 is 4.79 Å². The van der Waals surface area contributed by atoms with Crippen LogP contribution in [-0.4, -0.2) is 35.4 Å². The maximum atomic E-state index is 12.4. The van der Waals surface area contributed by atoms with Crippen LogP contribution in [0.2, 0.25) is 0 Å². The first-order valence-corrected chi connectivity index (χ1v) is 6.55. The van der Waals surface area contributed by atoms with Gasteiger partial charge in [-0.1, -0.05) is 0 Å². The summed E-state index contributed by atoms with van der Waals surface area (Å²) in [6, 6.07) is 3.78. The van der Waals surface area contributed by atoms with E-state index in [1.807, 2.05) is 30.9 Å². The van der Waals surface area contributed by atoms with Crippen LogP contribution in [0.3, 0.4) is 0 Å². The Kier molecular flexibility index (Phi) is 3.97. The minimum atomic E-state index is 0.111. The summed E-state index contributed by atoms with van der Waals surface area (Å²) in [4.78, 5) is 18.7. The first kappa shape index (κ1) is 13.0. The molecule has 0 bridgehead atoms. The maximum Gasteiger partial charge on any atom is 0.255 e. The number of likely N-dealkylation sites (tertiary alicyclic amines) is 1. The lowest BCUT2D eigenvalue weighted by atomic mass is 10.1. The number of carbonyl (C=O) groups is 1. The number of hydrogen-bond donors (Lipinski definition) is 1. The van der Waals surface area contributed by atoms with Crippen LogP contribution in [0.5, 0.6) is 0 Å². The van der Waals surface area contributed by atoms with E-state index in [9.17, 15) is 4.79 Å². The summed E-state index contributed by atoms with van der Waals surface area (Å²) in [5.74, 6) is 0.678. The van der Waals surface area contributed by atoms with Gasteiger partial charge in [-0.15, -0.1) is 0 Å². The molecule has 1 saturated heterocycles. The number of amides is 1. The van der Waals surface area contributed by atoms with Gasteiger partial charge >= 0.3 is 0 Å². The van der Waals surface area contributed by atoms with Crippen LogP contribution in [0.15, 0.2) is 12.1 Å². The topological polar surface area (TPSA) is 59.2 Å². The molecule has 0 saturated carbocycles. The first-order valence-electron chi connectivity index (χ1n) is 6.55. The maximum absolute atomic E-state index is 12.4. The summed E-state index contributed by atoms with van der Waals surface area (Å²) in [6.45, 7) is 6.22. The fourth-order valence-electron chi connectivity index (χ4n) is 2.57. The molecule has 1 fully saturated rings. The molecule has 2 heterocycles. The van der Waals surface area contributed by atoms with E-state index in [-0.39, 0.29) is 5.91 Å². The molecule has 2 rings (SSSR count). The van der Waals surface area contributed by atoms with E-state index in [0.29, 0.717) is 12.5 Å². The standard InChI is InChI=1S/C14H21N3O/c1-10-3-4-13(11(2)16-10)14(18)17-8-6-12(9-17)5-7-15/h3-4,12H,5-9,15H2,1-2H3. The quantitative estimate of drug-likeness (QED) is 0.880. The van der Waals surface area contributed by atoms with Crippen molar-refractivity contribution in [3.05, 3.63) is 29.1 Å². The number of rotatable bonds is 3. The first-order chi connectivity index (χ1) is 8.61. The van der Waals surface area contributed by atoms with Crippen LogP contribution in [0.25, 0.3) is 0 Å². The number of aryl methyl sites for hydroxylation is 2. The lowest BCUT2D eigenvalue weighted by Gasteiger charge is -2.17. The number of carbonyl (C=O) groups excluding carboxylic acids is 1. The molecule has 0 spiro atoms. The van der Waals surface area contributed by atoms with Crippen LogP contribution < -0.4 is 5.73 Å². The Bertz CT molecular complexity index is 445. The minimum absolute atomic E-state index is 0.111. The molecule has 1 aliphatic heterocycles. The Morgan fingerprint density at radius 2 is 2.28 bits per heavy atom. The van der Waals surface area contributed by atoms with E-state index in [0.717, 1.165) is 42.9 Å². The Morgan fingerprint density at radius 3 is 2.94 bits per heavy atom. The molecule has 2 N–H and O–H groups in total. The van der Waals surface area contributed by atoms with Gasteiger partial charge in [0.15, 0.2) is 0 Å². The molecule has 4 nitrogen and oxygen atoms in total. The molecule has 1 aromatic rings. The van der Waals surface area contributed by atoms with Gasteiger partial charge in [-0.2, -0.15) is 0 Å². The molecule has 0 radical (unpaired) electrons. The third kappa shape index (κ3) is 2.70. The molecule has 1 atom stereocenters. The molecule has 0 aliphatic carbocycles. The predicted molar refractivity (Wildman–Crippen MR) is 71.4 cm³/mol. The number of nitrogens with zero attached hydrogens (tertiary/aromatic N) is 2.